The van der Waals surface area contributed by atoms with E-state index in [-0.39, 0.29) is 13.2 Å². The number of nitrogens with one attached hydrogen (secondary N) is 1. The SMILES string of the molecule is OCCCNCC(O)O. The summed E-state index contributed by atoms with van der Waals surface area (Å²) in [5.74, 6) is 0. The van der Waals surface area contributed by atoms with Crippen molar-refractivity contribution in [1.29, 1.82) is 0 Å². The third kappa shape index (κ3) is 7.84. The highest BCUT2D eigenvalue weighted by Gasteiger charge is 1.93. The van der Waals surface area contributed by atoms with Crippen LogP contribution in [0.25, 0.3) is 0 Å². The Bertz CT molecular complexity index is 58.2. The van der Waals surface area contributed by atoms with Crippen molar-refractivity contribution in [2.45, 2.75) is 12.7 Å². The van der Waals surface area contributed by atoms with Crippen LogP contribution >= 0.6 is 0 Å². The van der Waals surface area contributed by atoms with Crippen molar-refractivity contribution in [3.05, 3.63) is 0 Å². The van der Waals surface area contributed by atoms with Crippen LogP contribution in [-0.2, 0) is 0 Å². The molecule has 0 rings (SSSR count). The topological polar surface area (TPSA) is 72.7 Å². The van der Waals surface area contributed by atoms with Gasteiger partial charge in [-0.25, -0.2) is 0 Å². The third-order valence-electron chi connectivity index (χ3n) is 0.839. The van der Waals surface area contributed by atoms with Crippen molar-refractivity contribution in [3.8, 4) is 0 Å². The third-order valence-corrected chi connectivity index (χ3v) is 0.839. The van der Waals surface area contributed by atoms with Gasteiger partial charge in [-0.2, -0.15) is 0 Å². The van der Waals surface area contributed by atoms with Crippen LogP contribution in [0.1, 0.15) is 6.42 Å². The van der Waals surface area contributed by atoms with E-state index in [1.54, 1.807) is 0 Å². The summed E-state index contributed by atoms with van der Waals surface area (Å²) in [6.45, 7) is 0.919. The second-order valence-electron chi connectivity index (χ2n) is 1.76. The largest absolute Gasteiger partial charge is 0.396 e. The van der Waals surface area contributed by atoms with Crippen molar-refractivity contribution >= 4 is 0 Å². The molecule has 0 aliphatic rings. The van der Waals surface area contributed by atoms with Crippen LogP contribution in [-0.4, -0.2) is 41.3 Å². The van der Waals surface area contributed by atoms with Gasteiger partial charge in [-0.3, -0.25) is 0 Å². The minimum Gasteiger partial charge on any atom is -0.396 e. The monoisotopic (exact) mass is 135 g/mol. The van der Waals surface area contributed by atoms with Crippen molar-refractivity contribution < 1.29 is 15.3 Å². The van der Waals surface area contributed by atoms with Crippen molar-refractivity contribution in [2.24, 2.45) is 0 Å². The lowest BCUT2D eigenvalue weighted by Crippen LogP contribution is -2.27. The molecule has 0 aromatic rings. The Morgan fingerprint density at radius 3 is 2.44 bits per heavy atom. The standard InChI is InChI=1S/C5H13NO3/c7-3-1-2-6-4-5(8)9/h5-9H,1-4H2. The number of rotatable bonds is 5. The lowest BCUT2D eigenvalue weighted by atomic mass is 10.4. The molecule has 0 aliphatic heterocycles. The Morgan fingerprint density at radius 1 is 1.33 bits per heavy atom. The summed E-state index contributed by atoms with van der Waals surface area (Å²) in [5.41, 5.74) is 0. The van der Waals surface area contributed by atoms with Crippen LogP contribution in [0.3, 0.4) is 0 Å². The van der Waals surface area contributed by atoms with Gasteiger partial charge in [0.15, 0.2) is 6.29 Å². The van der Waals surface area contributed by atoms with Crippen molar-refractivity contribution in [3.63, 3.8) is 0 Å². The Kier molecular flexibility index (Phi) is 5.86. The highest BCUT2D eigenvalue weighted by Crippen LogP contribution is 1.73. The molecule has 0 aromatic heterocycles. The van der Waals surface area contributed by atoms with Crippen LogP contribution in [0.15, 0.2) is 0 Å². The van der Waals surface area contributed by atoms with E-state index >= 15 is 0 Å². The van der Waals surface area contributed by atoms with Gasteiger partial charge < -0.3 is 20.6 Å². The van der Waals surface area contributed by atoms with E-state index in [4.69, 9.17) is 15.3 Å². The minimum absolute atomic E-state index is 0.133. The van der Waals surface area contributed by atoms with Gasteiger partial charge in [0, 0.05) is 13.2 Å². The lowest BCUT2D eigenvalue weighted by molar-refractivity contribution is -0.0371. The molecule has 0 atom stereocenters. The second kappa shape index (κ2) is 5.97. The molecule has 0 radical (unpaired) electrons. The molecular weight excluding hydrogens is 122 g/mol. The predicted molar refractivity (Wildman–Crippen MR) is 32.8 cm³/mol. The zero-order valence-electron chi connectivity index (χ0n) is 5.25. The maximum Gasteiger partial charge on any atom is 0.164 e. The molecular formula is C5H13NO3. The van der Waals surface area contributed by atoms with E-state index in [9.17, 15) is 0 Å². The van der Waals surface area contributed by atoms with Gasteiger partial charge in [-0.15, -0.1) is 0 Å². The van der Waals surface area contributed by atoms with Crippen LogP contribution < -0.4 is 5.32 Å². The number of aliphatic hydroxyl groups excluding tert-OH is 2. The van der Waals surface area contributed by atoms with Gasteiger partial charge in [0.25, 0.3) is 0 Å². The summed E-state index contributed by atoms with van der Waals surface area (Å²) in [6, 6.07) is 0. The maximum atomic E-state index is 8.28. The summed E-state index contributed by atoms with van der Waals surface area (Å²) in [6.07, 6.45) is -0.643. The number of hydrogen-bond donors (Lipinski definition) is 4. The summed E-state index contributed by atoms with van der Waals surface area (Å²) >= 11 is 0. The first-order valence-electron chi connectivity index (χ1n) is 2.95. The second-order valence-corrected chi connectivity index (χ2v) is 1.76. The zero-order valence-corrected chi connectivity index (χ0v) is 5.25. The minimum atomic E-state index is -1.29. The Labute approximate surface area is 54.1 Å². The number of aliphatic hydroxyl groups is 3. The average molecular weight is 135 g/mol. The highest BCUT2D eigenvalue weighted by molar-refractivity contribution is 4.46. The molecule has 0 aliphatic carbocycles. The average Bonchev–Trinajstić information content (AvgIpc) is 1.80. The van der Waals surface area contributed by atoms with Crippen molar-refractivity contribution in [2.75, 3.05) is 19.7 Å². The highest BCUT2D eigenvalue weighted by atomic mass is 16.5. The van der Waals surface area contributed by atoms with Gasteiger partial charge in [-0.1, -0.05) is 0 Å². The Balaban J connectivity index is 2.75. The van der Waals surface area contributed by atoms with E-state index in [0.29, 0.717) is 13.0 Å². The smallest absolute Gasteiger partial charge is 0.164 e. The molecule has 0 bridgehead atoms. The molecule has 0 unspecified atom stereocenters. The molecule has 0 amide bonds. The summed E-state index contributed by atoms with van der Waals surface area (Å²) in [5, 5.41) is 27.6. The fourth-order valence-electron chi connectivity index (χ4n) is 0.435. The van der Waals surface area contributed by atoms with Gasteiger partial charge in [-0.05, 0) is 13.0 Å². The molecule has 0 saturated carbocycles. The first kappa shape index (κ1) is 8.84. The molecule has 0 heterocycles. The Hall–Kier alpha value is -0.160. The lowest BCUT2D eigenvalue weighted by Gasteiger charge is -2.03. The van der Waals surface area contributed by atoms with E-state index in [1.165, 1.54) is 0 Å². The van der Waals surface area contributed by atoms with Crippen LogP contribution in [0.4, 0.5) is 0 Å². The predicted octanol–water partition coefficient (Wildman–Crippen LogP) is -1.73. The van der Waals surface area contributed by atoms with Crippen LogP contribution in [0, 0.1) is 0 Å². The molecule has 0 saturated heterocycles. The van der Waals surface area contributed by atoms with E-state index in [2.05, 4.69) is 5.32 Å². The fourth-order valence-corrected chi connectivity index (χ4v) is 0.435. The molecule has 4 heteroatoms. The molecule has 9 heavy (non-hydrogen) atoms. The molecule has 4 N–H and O–H groups in total. The van der Waals surface area contributed by atoms with Crippen molar-refractivity contribution in [1.82, 2.24) is 5.32 Å². The molecule has 0 spiro atoms. The normalized spacial score (nSPS) is 10.7. The summed E-state index contributed by atoms with van der Waals surface area (Å²) < 4.78 is 0. The zero-order chi connectivity index (χ0) is 7.11. The first-order chi connectivity index (χ1) is 4.27. The van der Waals surface area contributed by atoms with Crippen LogP contribution in [0.5, 0.6) is 0 Å². The summed E-state index contributed by atoms with van der Waals surface area (Å²) in [7, 11) is 0. The van der Waals surface area contributed by atoms with E-state index in [1.807, 2.05) is 0 Å². The molecule has 4 nitrogen and oxygen atoms in total. The van der Waals surface area contributed by atoms with E-state index in [0.717, 1.165) is 0 Å². The first-order valence-corrected chi connectivity index (χ1v) is 2.95. The van der Waals surface area contributed by atoms with Gasteiger partial charge in [0.05, 0.1) is 0 Å². The number of hydrogen-bond acceptors (Lipinski definition) is 4. The molecule has 0 aromatic carbocycles. The maximum absolute atomic E-state index is 8.28. The molecule has 0 fully saturated rings. The van der Waals surface area contributed by atoms with Gasteiger partial charge >= 0.3 is 0 Å². The van der Waals surface area contributed by atoms with Gasteiger partial charge in [0.1, 0.15) is 0 Å². The van der Waals surface area contributed by atoms with E-state index < -0.39 is 6.29 Å². The Morgan fingerprint density at radius 2 is 2.00 bits per heavy atom. The molecule has 56 valence electrons. The summed E-state index contributed by atoms with van der Waals surface area (Å²) in [4.78, 5) is 0. The quantitative estimate of drug-likeness (QED) is 0.267. The van der Waals surface area contributed by atoms with Crippen LogP contribution in [0.2, 0.25) is 0 Å². The fraction of sp³-hybridized carbons (Fsp3) is 1.00. The van der Waals surface area contributed by atoms with Gasteiger partial charge in [0.2, 0.25) is 0 Å².